The SMILES string of the molecule is CC1(O)OC(=O)C(c2c(F)cc(F)cc2F)=C1c1ccc(Cl)cc1.Cc1n[nH]c(=O)c(-c2c(F)cc(F)cc2F)c1-c1ccc(Cl)cc1. The molecule has 6 rings (SSSR count). The number of aromatic amines is 1. The van der Waals surface area contributed by atoms with E-state index in [0.29, 0.717) is 45.6 Å². The highest BCUT2D eigenvalue weighted by Gasteiger charge is 2.45. The van der Waals surface area contributed by atoms with E-state index in [2.05, 4.69) is 10.2 Å². The van der Waals surface area contributed by atoms with Crippen molar-refractivity contribution in [2.45, 2.75) is 19.6 Å². The molecule has 0 amide bonds. The highest BCUT2D eigenvalue weighted by Crippen LogP contribution is 2.44. The fraction of sp³-hybridized carbons (Fsp3) is 0.0882. The van der Waals surface area contributed by atoms with Crippen molar-refractivity contribution in [1.29, 1.82) is 0 Å². The first-order valence-corrected chi connectivity index (χ1v) is 14.5. The van der Waals surface area contributed by atoms with E-state index in [-0.39, 0.29) is 22.3 Å². The summed E-state index contributed by atoms with van der Waals surface area (Å²) < 4.78 is 87.8. The molecule has 0 saturated heterocycles. The highest BCUT2D eigenvalue weighted by atomic mass is 35.5. The van der Waals surface area contributed by atoms with Crippen LogP contribution in [0.15, 0.2) is 77.6 Å². The maximum absolute atomic E-state index is 14.2. The fourth-order valence-corrected chi connectivity index (χ4v) is 5.44. The van der Waals surface area contributed by atoms with Gasteiger partial charge in [0.2, 0.25) is 5.79 Å². The quantitative estimate of drug-likeness (QED) is 0.145. The molecule has 1 unspecified atom stereocenters. The van der Waals surface area contributed by atoms with Gasteiger partial charge in [0.25, 0.3) is 5.56 Å². The Morgan fingerprint density at radius 3 is 1.60 bits per heavy atom. The van der Waals surface area contributed by atoms with Gasteiger partial charge in [-0.1, -0.05) is 47.5 Å². The lowest BCUT2D eigenvalue weighted by atomic mass is 9.91. The molecule has 0 bridgehead atoms. The number of ether oxygens (including phenoxy) is 1. The second-order valence-electron chi connectivity index (χ2n) is 10.5. The van der Waals surface area contributed by atoms with Crippen molar-refractivity contribution in [2.75, 3.05) is 0 Å². The van der Waals surface area contributed by atoms with Crippen molar-refractivity contribution in [2.24, 2.45) is 0 Å². The Morgan fingerprint density at radius 2 is 1.12 bits per heavy atom. The number of aliphatic hydroxyl groups is 1. The lowest BCUT2D eigenvalue weighted by molar-refractivity contribution is -0.169. The molecule has 4 aromatic carbocycles. The Labute approximate surface area is 277 Å². The molecule has 0 radical (unpaired) electrons. The number of carbonyl (C=O) groups is 1. The first kappa shape index (κ1) is 34.4. The molecule has 1 aliphatic rings. The van der Waals surface area contributed by atoms with Crippen molar-refractivity contribution >= 4 is 40.3 Å². The van der Waals surface area contributed by atoms with Gasteiger partial charge in [0, 0.05) is 52.4 Å². The van der Waals surface area contributed by atoms with Crippen molar-refractivity contribution < 1.29 is 41.0 Å². The largest absolute Gasteiger partial charge is 0.425 e. The maximum atomic E-state index is 14.2. The van der Waals surface area contributed by atoms with Crippen LogP contribution in [0.25, 0.3) is 33.4 Å². The van der Waals surface area contributed by atoms with Crippen LogP contribution in [-0.4, -0.2) is 27.1 Å². The lowest BCUT2D eigenvalue weighted by Gasteiger charge is -2.20. The van der Waals surface area contributed by atoms with Crippen molar-refractivity contribution in [3.63, 3.8) is 0 Å². The van der Waals surface area contributed by atoms with E-state index in [1.54, 1.807) is 31.2 Å². The number of cyclic esters (lactones) is 1. The van der Waals surface area contributed by atoms with Gasteiger partial charge in [0.1, 0.15) is 34.9 Å². The summed E-state index contributed by atoms with van der Waals surface area (Å²) in [6.07, 6.45) is 0. The highest BCUT2D eigenvalue weighted by molar-refractivity contribution is 6.31. The van der Waals surface area contributed by atoms with E-state index < -0.39 is 68.9 Å². The van der Waals surface area contributed by atoms with Gasteiger partial charge in [-0.05, 0) is 42.3 Å². The van der Waals surface area contributed by atoms with E-state index in [0.717, 1.165) is 0 Å². The summed E-state index contributed by atoms with van der Waals surface area (Å²) in [7, 11) is 0. The van der Waals surface area contributed by atoms with E-state index in [9.17, 15) is 41.0 Å². The molecule has 0 aliphatic carbocycles. The Kier molecular flexibility index (Phi) is 9.54. The minimum Gasteiger partial charge on any atom is -0.425 e. The van der Waals surface area contributed by atoms with Crippen LogP contribution < -0.4 is 5.56 Å². The van der Waals surface area contributed by atoms with Gasteiger partial charge in [-0.15, -0.1) is 0 Å². The Balaban J connectivity index is 0.000000188. The number of nitrogens with one attached hydrogen (secondary N) is 1. The summed E-state index contributed by atoms with van der Waals surface area (Å²) in [4.78, 5) is 24.4. The van der Waals surface area contributed by atoms with Crippen LogP contribution >= 0.6 is 23.2 Å². The van der Waals surface area contributed by atoms with Crippen LogP contribution in [0.4, 0.5) is 26.3 Å². The fourth-order valence-electron chi connectivity index (χ4n) is 5.18. The monoisotopic (exact) mass is 704 g/mol. The molecule has 6 nitrogen and oxygen atoms in total. The first-order chi connectivity index (χ1) is 22.6. The standard InChI is InChI=1S/C17H10ClF3N2O.C17H10ClF3O3/c1-8-14(9-2-4-10(18)5-3-9)16(17(24)23-22-8)15-12(20)6-11(19)7-13(15)21;1-17(23)15(8-2-4-9(18)5-3-8)14(16(22)24-17)13-11(20)6-10(19)7-12(13)21/h2-7H,1H3,(H,23,24);2-7,23H,1H3. The average molecular weight is 705 g/mol. The predicted molar refractivity (Wildman–Crippen MR) is 167 cm³/mol. The molecule has 0 spiro atoms. The number of rotatable bonds is 4. The van der Waals surface area contributed by atoms with Gasteiger partial charge in [0.15, 0.2) is 0 Å². The molecule has 1 aromatic heterocycles. The number of benzene rings is 4. The van der Waals surface area contributed by atoms with Crippen LogP contribution in [0.5, 0.6) is 0 Å². The van der Waals surface area contributed by atoms with Gasteiger partial charge >= 0.3 is 5.97 Å². The summed E-state index contributed by atoms with van der Waals surface area (Å²) in [6.45, 7) is 2.75. The Morgan fingerprint density at radius 1 is 0.688 bits per heavy atom. The number of carbonyl (C=O) groups excluding carboxylic acids is 1. The topological polar surface area (TPSA) is 92.3 Å². The zero-order valence-electron chi connectivity index (χ0n) is 24.6. The first-order valence-electron chi connectivity index (χ1n) is 13.7. The van der Waals surface area contributed by atoms with Crippen LogP contribution in [0.2, 0.25) is 10.0 Å². The molecule has 0 fully saturated rings. The second-order valence-corrected chi connectivity index (χ2v) is 11.4. The molecule has 1 aliphatic heterocycles. The zero-order valence-corrected chi connectivity index (χ0v) is 26.1. The zero-order chi connectivity index (χ0) is 35.1. The number of aryl methyl sites for hydroxylation is 1. The molecule has 2 heterocycles. The van der Waals surface area contributed by atoms with Gasteiger partial charge in [-0.3, -0.25) is 4.79 Å². The molecular formula is C34H20Cl2F6N2O4. The third-order valence-electron chi connectivity index (χ3n) is 7.15. The van der Waals surface area contributed by atoms with Crippen molar-refractivity contribution in [3.8, 4) is 22.3 Å². The maximum Gasteiger partial charge on any atom is 0.342 e. The van der Waals surface area contributed by atoms with Gasteiger partial charge < -0.3 is 9.84 Å². The normalized spacial score (nSPS) is 15.7. The molecule has 0 saturated carbocycles. The molecule has 14 heteroatoms. The van der Waals surface area contributed by atoms with Crippen LogP contribution in [0, 0.1) is 41.8 Å². The summed E-state index contributed by atoms with van der Waals surface area (Å²) >= 11 is 11.7. The number of nitrogens with zero attached hydrogens (tertiary/aromatic N) is 1. The third-order valence-corrected chi connectivity index (χ3v) is 7.66. The van der Waals surface area contributed by atoms with Crippen molar-refractivity contribution in [1.82, 2.24) is 10.2 Å². The van der Waals surface area contributed by atoms with Gasteiger partial charge in [-0.2, -0.15) is 5.10 Å². The summed E-state index contributed by atoms with van der Waals surface area (Å²) in [5.41, 5.74) is -1.63. The van der Waals surface area contributed by atoms with Crippen LogP contribution in [0.1, 0.15) is 23.7 Å². The molecular weight excluding hydrogens is 685 g/mol. The number of H-pyrrole nitrogens is 1. The summed E-state index contributed by atoms with van der Waals surface area (Å²) in [5, 5.41) is 17.3. The minimum absolute atomic E-state index is 0.131. The third kappa shape index (κ3) is 6.73. The molecule has 48 heavy (non-hydrogen) atoms. The number of hydrogen-bond acceptors (Lipinski definition) is 5. The van der Waals surface area contributed by atoms with Crippen molar-refractivity contribution in [3.05, 3.63) is 145 Å². The molecule has 2 N–H and O–H groups in total. The van der Waals surface area contributed by atoms with E-state index in [4.69, 9.17) is 27.9 Å². The molecule has 5 aromatic rings. The van der Waals surface area contributed by atoms with E-state index in [1.807, 2.05) is 0 Å². The van der Waals surface area contributed by atoms with Crippen LogP contribution in [0.3, 0.4) is 0 Å². The Bertz CT molecular complexity index is 2120. The summed E-state index contributed by atoms with van der Waals surface area (Å²) in [5.74, 6) is -10.3. The number of aromatic nitrogens is 2. The number of hydrogen-bond donors (Lipinski definition) is 2. The van der Waals surface area contributed by atoms with E-state index >= 15 is 0 Å². The van der Waals surface area contributed by atoms with Gasteiger partial charge in [0.05, 0.1) is 28.0 Å². The lowest BCUT2D eigenvalue weighted by Crippen LogP contribution is -2.26. The molecule has 1 atom stereocenters. The minimum atomic E-state index is -2.10. The second kappa shape index (κ2) is 13.3. The Hall–Kier alpha value is -4.91. The van der Waals surface area contributed by atoms with Gasteiger partial charge in [-0.25, -0.2) is 36.2 Å². The number of esters is 1. The number of halogens is 8. The smallest absolute Gasteiger partial charge is 0.342 e. The average Bonchev–Trinajstić information content (AvgIpc) is 3.23. The van der Waals surface area contributed by atoms with E-state index in [1.165, 1.54) is 31.2 Å². The summed E-state index contributed by atoms with van der Waals surface area (Å²) in [6, 6.07) is 14.2. The predicted octanol–water partition coefficient (Wildman–Crippen LogP) is 8.42. The van der Waals surface area contributed by atoms with Crippen LogP contribution in [-0.2, 0) is 9.53 Å². The molecule has 246 valence electrons.